The quantitative estimate of drug-likeness (QED) is 0.716. The van der Waals surface area contributed by atoms with Crippen molar-refractivity contribution < 1.29 is 0 Å². The normalized spacial score (nSPS) is 10.5. The minimum atomic E-state index is 0.472. The van der Waals surface area contributed by atoms with Gasteiger partial charge in [-0.2, -0.15) is 10.1 Å². The highest BCUT2D eigenvalue weighted by atomic mass is 35.5. The molecule has 3 rings (SSSR count). The summed E-state index contributed by atoms with van der Waals surface area (Å²) in [5.41, 5.74) is 4.52. The van der Waals surface area contributed by atoms with Gasteiger partial charge in [0.05, 0.1) is 6.20 Å². The Morgan fingerprint density at radius 2 is 1.83 bits per heavy atom. The van der Waals surface area contributed by atoms with Crippen LogP contribution in [0, 0.1) is 13.8 Å². The lowest BCUT2D eigenvalue weighted by molar-refractivity contribution is 0.948. The molecule has 3 aromatic rings. The molecule has 0 atom stereocenters. The van der Waals surface area contributed by atoms with Gasteiger partial charge in [0.2, 0.25) is 5.95 Å². The first-order chi connectivity index (χ1) is 11.6. The van der Waals surface area contributed by atoms with Crippen LogP contribution in [0.15, 0.2) is 48.7 Å². The van der Waals surface area contributed by atoms with Gasteiger partial charge in [0.25, 0.3) is 0 Å². The smallest absolute Gasteiger partial charge is 0.244 e. The summed E-state index contributed by atoms with van der Waals surface area (Å²) < 4.78 is 0. The second kappa shape index (κ2) is 7.27. The monoisotopic (exact) mass is 339 g/mol. The summed E-state index contributed by atoms with van der Waals surface area (Å²) in [7, 11) is 0. The molecule has 24 heavy (non-hydrogen) atoms. The third-order valence-electron chi connectivity index (χ3n) is 3.79. The van der Waals surface area contributed by atoms with E-state index in [-0.39, 0.29) is 0 Å². The molecule has 0 spiro atoms. The van der Waals surface area contributed by atoms with Gasteiger partial charge in [-0.1, -0.05) is 35.9 Å². The predicted octanol–water partition coefficient (Wildman–Crippen LogP) is 4.50. The van der Waals surface area contributed by atoms with Crippen LogP contribution in [0.2, 0.25) is 5.02 Å². The highest BCUT2D eigenvalue weighted by Gasteiger charge is 2.04. The number of rotatable bonds is 5. The SMILES string of the molecule is Cc1cccc(Nc2cnnc(NCc3ccc(Cl)cc3)n2)c1C. The van der Waals surface area contributed by atoms with E-state index in [1.54, 1.807) is 6.20 Å². The van der Waals surface area contributed by atoms with Crippen LogP contribution in [0.1, 0.15) is 16.7 Å². The van der Waals surface area contributed by atoms with E-state index in [0.29, 0.717) is 18.3 Å². The summed E-state index contributed by atoms with van der Waals surface area (Å²) in [5, 5.41) is 15.2. The highest BCUT2D eigenvalue weighted by molar-refractivity contribution is 6.30. The van der Waals surface area contributed by atoms with Crippen LogP contribution >= 0.6 is 11.6 Å². The average Bonchev–Trinajstić information content (AvgIpc) is 2.59. The van der Waals surface area contributed by atoms with Gasteiger partial charge < -0.3 is 10.6 Å². The molecule has 6 heteroatoms. The van der Waals surface area contributed by atoms with E-state index in [9.17, 15) is 0 Å². The number of nitrogens with zero attached hydrogens (tertiary/aromatic N) is 3. The first-order valence-electron chi connectivity index (χ1n) is 7.63. The lowest BCUT2D eigenvalue weighted by Gasteiger charge is -2.11. The van der Waals surface area contributed by atoms with Crippen molar-refractivity contribution in [3.63, 3.8) is 0 Å². The summed E-state index contributed by atoms with van der Waals surface area (Å²) in [6, 6.07) is 13.7. The molecule has 1 heterocycles. The number of aromatic nitrogens is 3. The molecule has 1 aromatic heterocycles. The van der Waals surface area contributed by atoms with Gasteiger partial charge in [0.15, 0.2) is 5.82 Å². The van der Waals surface area contributed by atoms with Gasteiger partial charge in [-0.25, -0.2) is 0 Å². The lowest BCUT2D eigenvalue weighted by atomic mass is 10.1. The van der Waals surface area contributed by atoms with Crippen LogP contribution in [0.5, 0.6) is 0 Å². The molecular formula is C18H18ClN5. The molecule has 0 aliphatic carbocycles. The van der Waals surface area contributed by atoms with Crippen molar-refractivity contribution in [3.8, 4) is 0 Å². The predicted molar refractivity (Wildman–Crippen MR) is 97.8 cm³/mol. The number of anilines is 3. The molecule has 0 radical (unpaired) electrons. The molecule has 0 aliphatic heterocycles. The molecule has 0 saturated heterocycles. The number of benzene rings is 2. The molecule has 0 bridgehead atoms. The van der Waals surface area contributed by atoms with E-state index >= 15 is 0 Å². The minimum Gasteiger partial charge on any atom is -0.349 e. The summed E-state index contributed by atoms with van der Waals surface area (Å²) in [6.07, 6.45) is 1.61. The molecule has 2 aromatic carbocycles. The molecule has 0 saturated carbocycles. The van der Waals surface area contributed by atoms with Crippen LogP contribution in [-0.2, 0) is 6.54 Å². The first-order valence-corrected chi connectivity index (χ1v) is 8.01. The van der Waals surface area contributed by atoms with Crippen LogP contribution in [-0.4, -0.2) is 15.2 Å². The zero-order valence-electron chi connectivity index (χ0n) is 13.5. The van der Waals surface area contributed by atoms with Gasteiger partial charge in [-0.15, -0.1) is 5.10 Å². The molecule has 122 valence electrons. The van der Waals surface area contributed by atoms with Crippen molar-refractivity contribution in [1.82, 2.24) is 15.2 Å². The summed E-state index contributed by atoms with van der Waals surface area (Å²) in [6.45, 7) is 4.76. The Hall–Kier alpha value is -2.66. The van der Waals surface area contributed by atoms with Crippen molar-refractivity contribution in [2.45, 2.75) is 20.4 Å². The Morgan fingerprint density at radius 1 is 1.04 bits per heavy atom. The maximum absolute atomic E-state index is 5.89. The molecule has 5 nitrogen and oxygen atoms in total. The van der Waals surface area contributed by atoms with Crippen LogP contribution in [0.4, 0.5) is 17.5 Å². The highest BCUT2D eigenvalue weighted by Crippen LogP contribution is 2.21. The van der Waals surface area contributed by atoms with Crippen LogP contribution in [0.3, 0.4) is 0 Å². The zero-order chi connectivity index (χ0) is 16.9. The number of hydrogen-bond donors (Lipinski definition) is 2. The van der Waals surface area contributed by atoms with Crippen molar-refractivity contribution in [2.24, 2.45) is 0 Å². The zero-order valence-corrected chi connectivity index (χ0v) is 14.3. The Kier molecular flexibility index (Phi) is 4.91. The third kappa shape index (κ3) is 4.00. The van der Waals surface area contributed by atoms with E-state index in [0.717, 1.165) is 16.3 Å². The van der Waals surface area contributed by atoms with Crippen LogP contribution in [0.25, 0.3) is 0 Å². The molecule has 0 amide bonds. The number of hydrogen-bond acceptors (Lipinski definition) is 5. The second-order valence-corrected chi connectivity index (χ2v) is 5.95. The molecule has 0 fully saturated rings. The third-order valence-corrected chi connectivity index (χ3v) is 4.04. The fraction of sp³-hybridized carbons (Fsp3) is 0.167. The van der Waals surface area contributed by atoms with E-state index in [4.69, 9.17) is 11.6 Å². The molecule has 0 aliphatic rings. The largest absolute Gasteiger partial charge is 0.349 e. The first kappa shape index (κ1) is 16.2. The van der Waals surface area contributed by atoms with Crippen molar-refractivity contribution in [2.75, 3.05) is 10.6 Å². The summed E-state index contributed by atoms with van der Waals surface area (Å²) in [4.78, 5) is 4.45. The standard InChI is InChI=1S/C18H18ClN5/c1-12-4-3-5-16(13(12)2)22-17-11-21-24-18(23-17)20-10-14-6-8-15(19)9-7-14/h3-9,11H,10H2,1-2H3,(H2,20,22,23,24). The van der Waals surface area contributed by atoms with Crippen molar-refractivity contribution in [3.05, 3.63) is 70.4 Å². The number of aryl methyl sites for hydroxylation is 1. The van der Waals surface area contributed by atoms with E-state index < -0.39 is 0 Å². The molecule has 2 N–H and O–H groups in total. The molecule has 0 unspecified atom stereocenters. The lowest BCUT2D eigenvalue weighted by Crippen LogP contribution is -2.06. The van der Waals surface area contributed by atoms with E-state index in [2.05, 4.69) is 45.7 Å². The topological polar surface area (TPSA) is 62.7 Å². The Labute approximate surface area is 146 Å². The van der Waals surface area contributed by atoms with Gasteiger partial charge in [-0.05, 0) is 48.7 Å². The van der Waals surface area contributed by atoms with Gasteiger partial charge >= 0.3 is 0 Å². The minimum absolute atomic E-state index is 0.472. The number of halogens is 1. The van der Waals surface area contributed by atoms with Crippen molar-refractivity contribution >= 4 is 29.1 Å². The fourth-order valence-electron chi connectivity index (χ4n) is 2.25. The van der Waals surface area contributed by atoms with Gasteiger partial charge in [0.1, 0.15) is 0 Å². The average molecular weight is 340 g/mol. The second-order valence-electron chi connectivity index (χ2n) is 5.52. The maximum Gasteiger partial charge on any atom is 0.244 e. The summed E-state index contributed by atoms with van der Waals surface area (Å²) in [5.74, 6) is 1.12. The van der Waals surface area contributed by atoms with E-state index in [1.807, 2.05) is 36.4 Å². The van der Waals surface area contributed by atoms with Crippen molar-refractivity contribution in [1.29, 1.82) is 0 Å². The number of nitrogens with one attached hydrogen (secondary N) is 2. The Bertz CT molecular complexity index is 833. The molecular weight excluding hydrogens is 322 g/mol. The fourth-order valence-corrected chi connectivity index (χ4v) is 2.37. The van der Waals surface area contributed by atoms with Crippen LogP contribution < -0.4 is 10.6 Å². The van der Waals surface area contributed by atoms with E-state index in [1.165, 1.54) is 11.1 Å². The summed E-state index contributed by atoms with van der Waals surface area (Å²) >= 11 is 5.89. The van der Waals surface area contributed by atoms with Gasteiger partial charge in [0, 0.05) is 17.3 Å². The Balaban J connectivity index is 1.69. The maximum atomic E-state index is 5.89. The Morgan fingerprint density at radius 3 is 2.62 bits per heavy atom. The van der Waals surface area contributed by atoms with Gasteiger partial charge in [-0.3, -0.25) is 0 Å².